The molecule has 1 N–H and O–H groups in total. The fourth-order valence-electron chi connectivity index (χ4n) is 3.79. The Morgan fingerprint density at radius 3 is 2.52 bits per heavy atom. The van der Waals surface area contributed by atoms with Crippen LogP contribution in [-0.2, 0) is 14.3 Å². The van der Waals surface area contributed by atoms with Gasteiger partial charge in [0, 0.05) is 26.1 Å². The number of nitrogens with one attached hydrogen (secondary N) is 1. The van der Waals surface area contributed by atoms with E-state index in [0.717, 1.165) is 24.8 Å². The maximum atomic E-state index is 12.9. The molecule has 1 aliphatic heterocycles. The average molecular weight is 376 g/mol. The van der Waals surface area contributed by atoms with Crippen molar-refractivity contribution in [3.05, 3.63) is 23.8 Å². The van der Waals surface area contributed by atoms with E-state index in [4.69, 9.17) is 14.2 Å². The van der Waals surface area contributed by atoms with Crippen LogP contribution in [0.2, 0.25) is 0 Å². The smallest absolute Gasteiger partial charge is 0.226 e. The fraction of sp³-hybridized carbons (Fsp3) is 0.600. The summed E-state index contributed by atoms with van der Waals surface area (Å²) < 4.78 is 15.9. The van der Waals surface area contributed by atoms with Crippen molar-refractivity contribution in [2.75, 3.05) is 34.5 Å². The van der Waals surface area contributed by atoms with Gasteiger partial charge < -0.3 is 24.4 Å². The second-order valence-electron chi connectivity index (χ2n) is 7.09. The highest BCUT2D eigenvalue weighted by Gasteiger charge is 2.45. The quantitative estimate of drug-likeness (QED) is 0.750. The number of rotatable bonds is 8. The summed E-state index contributed by atoms with van der Waals surface area (Å²) in [5.41, 5.74) is 0.864. The molecular formula is C20H28N2O5. The summed E-state index contributed by atoms with van der Waals surface area (Å²) in [6.07, 6.45) is 3.39. The summed E-state index contributed by atoms with van der Waals surface area (Å²) in [6.45, 7) is 0.869. The van der Waals surface area contributed by atoms with E-state index in [0.29, 0.717) is 24.7 Å². The number of ether oxygens (including phenoxy) is 3. The first-order chi connectivity index (χ1) is 13.1. The van der Waals surface area contributed by atoms with E-state index in [1.54, 1.807) is 26.2 Å². The third-order valence-corrected chi connectivity index (χ3v) is 5.51. The molecule has 1 aromatic rings. The molecule has 2 fully saturated rings. The molecule has 1 aliphatic carbocycles. The minimum absolute atomic E-state index is 0.0272. The molecule has 7 heteroatoms. The standard InChI is InChI=1S/C20H28N2O5/c1-25-10-9-22-18(23)12-15(20(24)21-14-5-4-6-14)19(22)13-7-8-16(26-2)17(11-13)27-3/h7-8,11,14-15,19H,4-6,9-10,12H2,1-3H3,(H,21,24)/t15-,19+/m1/s1. The van der Waals surface area contributed by atoms with Crippen molar-refractivity contribution in [2.45, 2.75) is 37.8 Å². The predicted octanol–water partition coefficient (Wildman–Crippen LogP) is 1.91. The minimum Gasteiger partial charge on any atom is -0.493 e. The van der Waals surface area contributed by atoms with Crippen molar-refractivity contribution in [1.82, 2.24) is 10.2 Å². The van der Waals surface area contributed by atoms with E-state index in [2.05, 4.69) is 5.32 Å². The largest absolute Gasteiger partial charge is 0.493 e. The van der Waals surface area contributed by atoms with Crippen LogP contribution in [-0.4, -0.2) is 57.2 Å². The first-order valence-corrected chi connectivity index (χ1v) is 9.39. The lowest BCUT2D eigenvalue weighted by Gasteiger charge is -2.31. The lowest BCUT2D eigenvalue weighted by Crippen LogP contribution is -2.44. The molecule has 2 aliphatic rings. The highest BCUT2D eigenvalue weighted by molar-refractivity contribution is 5.90. The average Bonchev–Trinajstić information content (AvgIpc) is 2.98. The van der Waals surface area contributed by atoms with Crippen LogP contribution < -0.4 is 14.8 Å². The lowest BCUT2D eigenvalue weighted by molar-refractivity contribution is -0.130. The third-order valence-electron chi connectivity index (χ3n) is 5.51. The number of hydrogen-bond donors (Lipinski definition) is 1. The van der Waals surface area contributed by atoms with Gasteiger partial charge in [-0.05, 0) is 37.0 Å². The van der Waals surface area contributed by atoms with Crippen molar-refractivity contribution >= 4 is 11.8 Å². The van der Waals surface area contributed by atoms with E-state index in [-0.39, 0.29) is 30.3 Å². The SMILES string of the molecule is COCCN1C(=O)C[C@@H](C(=O)NC2CCC2)[C@@H]1c1ccc(OC)c(OC)c1. The Morgan fingerprint density at radius 2 is 1.93 bits per heavy atom. The molecule has 1 heterocycles. The summed E-state index contributed by atoms with van der Waals surface area (Å²) in [5.74, 6) is 0.699. The predicted molar refractivity (Wildman–Crippen MR) is 99.8 cm³/mol. The van der Waals surface area contributed by atoms with E-state index in [1.165, 1.54) is 0 Å². The van der Waals surface area contributed by atoms with Crippen molar-refractivity contribution in [1.29, 1.82) is 0 Å². The number of likely N-dealkylation sites (tertiary alicyclic amines) is 1. The Balaban J connectivity index is 1.90. The number of nitrogens with zero attached hydrogens (tertiary/aromatic N) is 1. The van der Waals surface area contributed by atoms with Gasteiger partial charge in [0.25, 0.3) is 0 Å². The Morgan fingerprint density at radius 1 is 1.19 bits per heavy atom. The summed E-state index contributed by atoms with van der Waals surface area (Å²) in [4.78, 5) is 27.3. The van der Waals surface area contributed by atoms with Crippen LogP contribution >= 0.6 is 0 Å². The molecular weight excluding hydrogens is 348 g/mol. The first kappa shape index (κ1) is 19.5. The molecule has 0 spiro atoms. The van der Waals surface area contributed by atoms with E-state index in [9.17, 15) is 9.59 Å². The minimum atomic E-state index is -0.423. The van der Waals surface area contributed by atoms with E-state index < -0.39 is 5.92 Å². The molecule has 0 bridgehead atoms. The Kier molecular flexibility index (Phi) is 6.21. The number of benzene rings is 1. The number of amides is 2. The fourth-order valence-corrected chi connectivity index (χ4v) is 3.79. The normalized spacial score (nSPS) is 22.5. The summed E-state index contributed by atoms with van der Waals surface area (Å²) in [7, 11) is 4.76. The molecule has 1 aromatic carbocycles. The zero-order valence-electron chi connectivity index (χ0n) is 16.2. The molecule has 3 rings (SSSR count). The number of hydrogen-bond acceptors (Lipinski definition) is 5. The maximum absolute atomic E-state index is 12.9. The Hall–Kier alpha value is -2.28. The van der Waals surface area contributed by atoms with Crippen LogP contribution in [0.4, 0.5) is 0 Å². The molecule has 0 aromatic heterocycles. The second kappa shape index (κ2) is 8.61. The van der Waals surface area contributed by atoms with Gasteiger partial charge in [0.05, 0.1) is 32.8 Å². The Bertz CT molecular complexity index is 689. The van der Waals surface area contributed by atoms with Crippen molar-refractivity contribution in [2.24, 2.45) is 5.92 Å². The molecule has 2 amide bonds. The highest BCUT2D eigenvalue weighted by Crippen LogP contribution is 2.41. The van der Waals surface area contributed by atoms with Gasteiger partial charge in [-0.1, -0.05) is 6.07 Å². The maximum Gasteiger partial charge on any atom is 0.226 e. The summed E-state index contributed by atoms with van der Waals surface area (Å²) in [5, 5.41) is 3.10. The molecule has 1 saturated heterocycles. The van der Waals surface area contributed by atoms with Crippen LogP contribution in [0.1, 0.15) is 37.3 Å². The second-order valence-corrected chi connectivity index (χ2v) is 7.09. The van der Waals surface area contributed by atoms with Crippen LogP contribution in [0.5, 0.6) is 11.5 Å². The van der Waals surface area contributed by atoms with Crippen LogP contribution in [0, 0.1) is 5.92 Å². The molecule has 148 valence electrons. The van der Waals surface area contributed by atoms with Crippen LogP contribution in [0.25, 0.3) is 0 Å². The summed E-state index contributed by atoms with van der Waals surface area (Å²) >= 11 is 0. The van der Waals surface area contributed by atoms with E-state index in [1.807, 2.05) is 18.2 Å². The zero-order valence-corrected chi connectivity index (χ0v) is 16.2. The lowest BCUT2D eigenvalue weighted by atomic mass is 9.89. The van der Waals surface area contributed by atoms with Gasteiger partial charge in [-0.3, -0.25) is 9.59 Å². The van der Waals surface area contributed by atoms with Crippen molar-refractivity contribution < 1.29 is 23.8 Å². The monoisotopic (exact) mass is 376 g/mol. The Labute approximate surface area is 160 Å². The van der Waals surface area contributed by atoms with Crippen LogP contribution in [0.15, 0.2) is 18.2 Å². The zero-order chi connectivity index (χ0) is 19.4. The van der Waals surface area contributed by atoms with Gasteiger partial charge >= 0.3 is 0 Å². The number of carbonyl (C=O) groups excluding carboxylic acids is 2. The van der Waals surface area contributed by atoms with Gasteiger partial charge in [0.1, 0.15) is 0 Å². The van der Waals surface area contributed by atoms with Gasteiger partial charge in [-0.2, -0.15) is 0 Å². The molecule has 2 atom stereocenters. The van der Waals surface area contributed by atoms with Gasteiger partial charge in [0.15, 0.2) is 11.5 Å². The molecule has 27 heavy (non-hydrogen) atoms. The van der Waals surface area contributed by atoms with Crippen LogP contribution in [0.3, 0.4) is 0 Å². The topological polar surface area (TPSA) is 77.1 Å². The first-order valence-electron chi connectivity index (χ1n) is 9.39. The number of methoxy groups -OCH3 is 3. The number of carbonyl (C=O) groups is 2. The molecule has 1 saturated carbocycles. The third kappa shape index (κ3) is 4.03. The molecule has 7 nitrogen and oxygen atoms in total. The van der Waals surface area contributed by atoms with Gasteiger partial charge in [-0.25, -0.2) is 0 Å². The van der Waals surface area contributed by atoms with E-state index >= 15 is 0 Å². The summed E-state index contributed by atoms with van der Waals surface area (Å²) in [6, 6.07) is 5.46. The highest BCUT2D eigenvalue weighted by atomic mass is 16.5. The van der Waals surface area contributed by atoms with Crippen molar-refractivity contribution in [3.8, 4) is 11.5 Å². The molecule has 0 radical (unpaired) electrons. The van der Waals surface area contributed by atoms with Gasteiger partial charge in [0.2, 0.25) is 11.8 Å². The van der Waals surface area contributed by atoms with Crippen molar-refractivity contribution in [3.63, 3.8) is 0 Å². The molecule has 0 unspecified atom stereocenters. The van der Waals surface area contributed by atoms with Gasteiger partial charge in [-0.15, -0.1) is 0 Å².